The molecular formula is C20H22N2O3. The molecule has 0 radical (unpaired) electrons. The predicted octanol–water partition coefficient (Wildman–Crippen LogP) is 2.80. The number of benzene rings is 1. The van der Waals surface area contributed by atoms with Gasteiger partial charge >= 0.3 is 5.63 Å². The van der Waals surface area contributed by atoms with E-state index in [0.29, 0.717) is 25.2 Å². The van der Waals surface area contributed by atoms with Gasteiger partial charge in [-0.05, 0) is 54.3 Å². The van der Waals surface area contributed by atoms with E-state index >= 15 is 0 Å². The fourth-order valence-corrected chi connectivity index (χ4v) is 2.96. The molecule has 3 aromatic rings. The third-order valence-corrected chi connectivity index (χ3v) is 4.38. The van der Waals surface area contributed by atoms with E-state index in [2.05, 4.69) is 16.0 Å². The summed E-state index contributed by atoms with van der Waals surface area (Å²) in [5.74, 6) is 0. The summed E-state index contributed by atoms with van der Waals surface area (Å²) >= 11 is 0. The third kappa shape index (κ3) is 4.13. The molecule has 2 aromatic heterocycles. The highest BCUT2D eigenvalue weighted by atomic mass is 16.4. The Balaban J connectivity index is 1.96. The Bertz CT molecular complexity index is 919. The first kappa shape index (κ1) is 17.3. The topological polar surface area (TPSA) is 66.6 Å². The number of rotatable bonds is 6. The van der Waals surface area contributed by atoms with Gasteiger partial charge in [0, 0.05) is 43.5 Å². The van der Waals surface area contributed by atoms with Gasteiger partial charge in [-0.2, -0.15) is 0 Å². The maximum absolute atomic E-state index is 12.0. The zero-order chi connectivity index (χ0) is 17.8. The summed E-state index contributed by atoms with van der Waals surface area (Å²) in [6.07, 6.45) is 3.55. The van der Waals surface area contributed by atoms with E-state index < -0.39 is 0 Å². The quantitative estimate of drug-likeness (QED) is 0.700. The summed E-state index contributed by atoms with van der Waals surface area (Å²) in [5, 5.41) is 10.3. The minimum Gasteiger partial charge on any atom is -0.423 e. The number of hydrogen-bond donors (Lipinski definition) is 1. The van der Waals surface area contributed by atoms with Gasteiger partial charge in [0.2, 0.25) is 0 Å². The highest BCUT2D eigenvalue weighted by Crippen LogP contribution is 2.23. The van der Waals surface area contributed by atoms with Gasteiger partial charge in [-0.1, -0.05) is 6.07 Å². The second-order valence-corrected chi connectivity index (χ2v) is 6.32. The molecule has 5 nitrogen and oxygen atoms in total. The lowest BCUT2D eigenvalue weighted by molar-refractivity contribution is 0.184. The van der Waals surface area contributed by atoms with Crippen molar-refractivity contribution in [2.45, 2.75) is 26.9 Å². The van der Waals surface area contributed by atoms with Crippen LogP contribution < -0.4 is 5.63 Å². The fourth-order valence-electron chi connectivity index (χ4n) is 2.96. The zero-order valence-electron chi connectivity index (χ0n) is 14.5. The molecule has 0 aliphatic rings. The molecule has 0 amide bonds. The maximum Gasteiger partial charge on any atom is 0.336 e. The molecule has 2 heterocycles. The molecule has 1 N–H and O–H groups in total. The van der Waals surface area contributed by atoms with Gasteiger partial charge in [0.25, 0.3) is 0 Å². The normalized spacial score (nSPS) is 11.4. The second-order valence-electron chi connectivity index (χ2n) is 6.32. The minimum absolute atomic E-state index is 0.0533. The zero-order valence-corrected chi connectivity index (χ0v) is 14.5. The van der Waals surface area contributed by atoms with Crippen LogP contribution in [0.25, 0.3) is 11.0 Å². The monoisotopic (exact) mass is 338 g/mol. The lowest BCUT2D eigenvalue weighted by Crippen LogP contribution is -2.26. The molecule has 0 bridgehead atoms. The molecule has 0 atom stereocenters. The number of nitrogens with zero attached hydrogens (tertiary/aromatic N) is 2. The Morgan fingerprint density at radius 3 is 2.68 bits per heavy atom. The molecule has 0 aliphatic carbocycles. The number of aryl methyl sites for hydroxylation is 2. The lowest BCUT2D eigenvalue weighted by Gasteiger charge is -2.22. The smallest absolute Gasteiger partial charge is 0.336 e. The van der Waals surface area contributed by atoms with Crippen molar-refractivity contribution in [1.82, 2.24) is 9.88 Å². The number of aromatic nitrogens is 1. The summed E-state index contributed by atoms with van der Waals surface area (Å²) in [4.78, 5) is 18.2. The number of hydrogen-bond acceptors (Lipinski definition) is 5. The van der Waals surface area contributed by atoms with Crippen molar-refractivity contribution < 1.29 is 9.52 Å². The van der Waals surface area contributed by atoms with Gasteiger partial charge < -0.3 is 9.52 Å². The van der Waals surface area contributed by atoms with Gasteiger partial charge in [-0.15, -0.1) is 0 Å². The number of aliphatic hydroxyl groups is 1. The molecule has 25 heavy (non-hydrogen) atoms. The van der Waals surface area contributed by atoms with Crippen molar-refractivity contribution in [2.75, 3.05) is 13.2 Å². The maximum atomic E-state index is 12.0. The predicted molar refractivity (Wildman–Crippen MR) is 97.4 cm³/mol. The van der Waals surface area contributed by atoms with Crippen LogP contribution in [0.2, 0.25) is 0 Å². The molecule has 0 aliphatic heterocycles. The number of fused-ring (bicyclic) bond motifs is 1. The summed E-state index contributed by atoms with van der Waals surface area (Å²) in [5.41, 5.74) is 4.48. The van der Waals surface area contributed by atoms with Crippen LogP contribution in [0.3, 0.4) is 0 Å². The van der Waals surface area contributed by atoms with Crippen molar-refractivity contribution >= 4 is 11.0 Å². The molecule has 0 saturated heterocycles. The van der Waals surface area contributed by atoms with Gasteiger partial charge in [-0.3, -0.25) is 9.88 Å². The Kier molecular flexibility index (Phi) is 5.26. The second kappa shape index (κ2) is 7.59. The Labute approximate surface area is 146 Å². The number of pyridine rings is 1. The molecule has 0 saturated carbocycles. The Morgan fingerprint density at radius 2 is 1.96 bits per heavy atom. The first-order valence-electron chi connectivity index (χ1n) is 8.33. The van der Waals surface area contributed by atoms with Gasteiger partial charge in [-0.25, -0.2) is 4.79 Å². The molecule has 0 spiro atoms. The molecule has 3 rings (SSSR count). The van der Waals surface area contributed by atoms with Crippen LogP contribution in [0.1, 0.15) is 22.3 Å². The Morgan fingerprint density at radius 1 is 1.16 bits per heavy atom. The molecule has 0 unspecified atom stereocenters. The molecule has 5 heteroatoms. The first-order chi connectivity index (χ1) is 12.1. The molecule has 0 fully saturated rings. The first-order valence-corrected chi connectivity index (χ1v) is 8.33. The Hall–Kier alpha value is -2.50. The van der Waals surface area contributed by atoms with E-state index in [9.17, 15) is 9.90 Å². The van der Waals surface area contributed by atoms with E-state index in [0.717, 1.165) is 27.6 Å². The van der Waals surface area contributed by atoms with Crippen molar-refractivity contribution in [2.24, 2.45) is 0 Å². The van der Waals surface area contributed by atoms with E-state index in [-0.39, 0.29) is 12.2 Å². The average molecular weight is 338 g/mol. The van der Waals surface area contributed by atoms with Crippen molar-refractivity contribution in [1.29, 1.82) is 0 Å². The third-order valence-electron chi connectivity index (χ3n) is 4.38. The van der Waals surface area contributed by atoms with Gasteiger partial charge in [0.05, 0.1) is 6.61 Å². The summed E-state index contributed by atoms with van der Waals surface area (Å²) in [6.45, 7) is 5.83. The molecule has 1 aromatic carbocycles. The van der Waals surface area contributed by atoms with Crippen molar-refractivity contribution in [3.63, 3.8) is 0 Å². The average Bonchev–Trinajstić information content (AvgIpc) is 2.58. The van der Waals surface area contributed by atoms with Crippen LogP contribution in [0.4, 0.5) is 0 Å². The van der Waals surface area contributed by atoms with E-state index in [1.807, 2.05) is 38.2 Å². The molecule has 130 valence electrons. The highest BCUT2D eigenvalue weighted by molar-refractivity contribution is 5.81. The summed E-state index contributed by atoms with van der Waals surface area (Å²) in [6, 6.07) is 9.41. The van der Waals surface area contributed by atoms with Gasteiger partial charge in [0.1, 0.15) is 5.58 Å². The van der Waals surface area contributed by atoms with Crippen LogP contribution in [-0.2, 0) is 13.1 Å². The van der Waals surface area contributed by atoms with Crippen LogP contribution in [0.15, 0.2) is 51.9 Å². The highest BCUT2D eigenvalue weighted by Gasteiger charge is 2.12. The van der Waals surface area contributed by atoms with E-state index in [1.165, 1.54) is 0 Å². The van der Waals surface area contributed by atoms with Crippen molar-refractivity contribution in [3.05, 3.63) is 75.4 Å². The van der Waals surface area contributed by atoms with Crippen LogP contribution in [-0.4, -0.2) is 28.1 Å². The molecular weight excluding hydrogens is 316 g/mol. The summed E-state index contributed by atoms with van der Waals surface area (Å²) in [7, 11) is 0. The number of aliphatic hydroxyl groups excluding tert-OH is 1. The van der Waals surface area contributed by atoms with Crippen LogP contribution in [0.5, 0.6) is 0 Å². The van der Waals surface area contributed by atoms with E-state index in [1.54, 1.807) is 12.3 Å². The summed E-state index contributed by atoms with van der Waals surface area (Å²) < 4.78 is 5.36. The van der Waals surface area contributed by atoms with Crippen LogP contribution >= 0.6 is 0 Å². The van der Waals surface area contributed by atoms with E-state index in [4.69, 9.17) is 4.42 Å². The lowest BCUT2D eigenvalue weighted by atomic mass is 10.0. The van der Waals surface area contributed by atoms with Crippen LogP contribution in [0, 0.1) is 13.8 Å². The largest absolute Gasteiger partial charge is 0.423 e. The SMILES string of the molecule is Cc1cc2oc(=O)cc(CN(CCO)Cc3cccnc3)c2cc1C. The fraction of sp³-hybridized carbons (Fsp3) is 0.300. The standard InChI is InChI=1S/C20H22N2O3/c1-14-8-18-17(10-20(24)25-19(18)9-15(14)2)13-22(6-7-23)12-16-4-3-5-21-11-16/h3-5,8-11,23H,6-7,12-13H2,1-2H3. The minimum atomic E-state index is -0.351. The van der Waals surface area contributed by atoms with Crippen molar-refractivity contribution in [3.8, 4) is 0 Å². The van der Waals surface area contributed by atoms with Gasteiger partial charge in [0.15, 0.2) is 0 Å².